The van der Waals surface area contributed by atoms with Crippen LogP contribution in [-0.2, 0) is 9.53 Å². The third-order valence-corrected chi connectivity index (χ3v) is 3.70. The molecule has 2 N–H and O–H groups in total. The first-order valence-corrected chi connectivity index (χ1v) is 5.73. The number of hydrogen-bond acceptors (Lipinski definition) is 3. The van der Waals surface area contributed by atoms with E-state index in [0.29, 0.717) is 13.0 Å². The average Bonchev–Trinajstić information content (AvgIpc) is 2.66. The summed E-state index contributed by atoms with van der Waals surface area (Å²) in [5.41, 5.74) is 5.86. The van der Waals surface area contributed by atoms with Crippen LogP contribution in [0.1, 0.15) is 32.1 Å². The maximum atomic E-state index is 11.9. The first kappa shape index (κ1) is 10.9. The topological polar surface area (TPSA) is 55.6 Å². The van der Waals surface area contributed by atoms with Crippen molar-refractivity contribution in [3.05, 3.63) is 0 Å². The van der Waals surface area contributed by atoms with Crippen molar-refractivity contribution in [2.75, 3.05) is 20.3 Å². The molecule has 1 unspecified atom stereocenters. The first-order chi connectivity index (χ1) is 7.11. The Morgan fingerprint density at radius 1 is 1.60 bits per heavy atom. The zero-order valence-electron chi connectivity index (χ0n) is 9.37. The molecule has 0 bridgehead atoms. The molecule has 2 aliphatic rings. The van der Waals surface area contributed by atoms with Gasteiger partial charge in [-0.05, 0) is 25.7 Å². The van der Waals surface area contributed by atoms with E-state index in [1.165, 1.54) is 6.42 Å². The number of nitrogens with two attached hydrogens (primary N) is 1. The molecule has 1 atom stereocenters. The third-order valence-electron chi connectivity index (χ3n) is 3.70. The Labute approximate surface area is 90.8 Å². The van der Waals surface area contributed by atoms with E-state index >= 15 is 0 Å². The zero-order valence-corrected chi connectivity index (χ0v) is 9.37. The molecule has 1 aliphatic heterocycles. The van der Waals surface area contributed by atoms with Gasteiger partial charge in [-0.15, -0.1) is 0 Å². The minimum atomic E-state index is -0.204. The number of carbonyl (C=O) groups is 1. The predicted octanol–water partition coefficient (Wildman–Crippen LogP) is 0.505. The van der Waals surface area contributed by atoms with Crippen LogP contribution in [0.25, 0.3) is 0 Å². The van der Waals surface area contributed by atoms with E-state index in [2.05, 4.69) is 0 Å². The van der Waals surface area contributed by atoms with Crippen molar-refractivity contribution in [2.45, 2.75) is 43.7 Å². The van der Waals surface area contributed by atoms with Gasteiger partial charge in [0.25, 0.3) is 0 Å². The van der Waals surface area contributed by atoms with Gasteiger partial charge in [-0.25, -0.2) is 0 Å². The van der Waals surface area contributed by atoms with Gasteiger partial charge >= 0.3 is 0 Å². The van der Waals surface area contributed by atoms with Crippen LogP contribution < -0.4 is 5.73 Å². The van der Waals surface area contributed by atoms with Crippen LogP contribution in [0.3, 0.4) is 0 Å². The zero-order chi connectivity index (χ0) is 10.9. The van der Waals surface area contributed by atoms with Gasteiger partial charge in [0.15, 0.2) is 0 Å². The minimum absolute atomic E-state index is 0.174. The first-order valence-electron chi connectivity index (χ1n) is 5.73. The second-order valence-electron chi connectivity index (χ2n) is 4.91. The molecule has 0 radical (unpaired) electrons. The van der Waals surface area contributed by atoms with Crippen molar-refractivity contribution in [1.29, 1.82) is 0 Å². The summed E-state index contributed by atoms with van der Waals surface area (Å²) < 4.78 is 5.27. The Morgan fingerprint density at radius 2 is 2.33 bits per heavy atom. The van der Waals surface area contributed by atoms with E-state index in [-0.39, 0.29) is 17.5 Å². The van der Waals surface area contributed by atoms with Gasteiger partial charge < -0.3 is 15.4 Å². The van der Waals surface area contributed by atoms with Crippen molar-refractivity contribution in [1.82, 2.24) is 4.90 Å². The number of rotatable bonds is 3. The number of hydrogen-bond donors (Lipinski definition) is 1. The molecule has 4 nitrogen and oxygen atoms in total. The van der Waals surface area contributed by atoms with Crippen LogP contribution in [0.15, 0.2) is 0 Å². The highest BCUT2D eigenvalue weighted by atomic mass is 16.5. The fourth-order valence-corrected chi connectivity index (χ4v) is 2.26. The summed E-state index contributed by atoms with van der Waals surface area (Å²) in [7, 11) is 1.86. The van der Waals surface area contributed by atoms with Gasteiger partial charge in [-0.1, -0.05) is 0 Å². The maximum absolute atomic E-state index is 11.9. The largest absolute Gasteiger partial charge is 0.379 e. The van der Waals surface area contributed by atoms with Crippen LogP contribution in [-0.4, -0.2) is 42.6 Å². The lowest BCUT2D eigenvalue weighted by Gasteiger charge is -2.39. The van der Waals surface area contributed by atoms with E-state index in [4.69, 9.17) is 10.5 Å². The molecular weight excluding hydrogens is 192 g/mol. The molecule has 1 saturated carbocycles. The highest BCUT2D eigenvalue weighted by Gasteiger charge is 2.36. The lowest BCUT2D eigenvalue weighted by Crippen LogP contribution is -2.51. The summed E-state index contributed by atoms with van der Waals surface area (Å²) >= 11 is 0. The molecule has 0 spiro atoms. The van der Waals surface area contributed by atoms with Gasteiger partial charge in [-0.3, -0.25) is 4.79 Å². The normalized spacial score (nSPS) is 28.5. The standard InChI is InChI=1S/C11H20N2O2/c1-13(9-3-6-15-8-9)10(14)7-11(12)4-2-5-11/h9H,2-8,12H2,1H3. The molecule has 86 valence electrons. The molecule has 1 amide bonds. The van der Waals surface area contributed by atoms with Crippen molar-refractivity contribution in [2.24, 2.45) is 5.73 Å². The molecule has 2 fully saturated rings. The smallest absolute Gasteiger partial charge is 0.224 e. The molecule has 0 aromatic rings. The maximum Gasteiger partial charge on any atom is 0.224 e. The van der Waals surface area contributed by atoms with E-state index in [1.807, 2.05) is 11.9 Å². The summed E-state index contributed by atoms with van der Waals surface area (Å²) in [4.78, 5) is 13.7. The van der Waals surface area contributed by atoms with E-state index < -0.39 is 0 Å². The second kappa shape index (κ2) is 4.10. The van der Waals surface area contributed by atoms with Crippen molar-refractivity contribution in [3.8, 4) is 0 Å². The molecule has 0 aromatic heterocycles. The van der Waals surface area contributed by atoms with Gasteiger partial charge in [0, 0.05) is 25.6 Å². The number of ether oxygens (including phenoxy) is 1. The molecule has 15 heavy (non-hydrogen) atoms. The fraction of sp³-hybridized carbons (Fsp3) is 0.909. The minimum Gasteiger partial charge on any atom is -0.379 e. The van der Waals surface area contributed by atoms with Gasteiger partial charge in [0.1, 0.15) is 0 Å². The van der Waals surface area contributed by atoms with Crippen molar-refractivity contribution in [3.63, 3.8) is 0 Å². The molecule has 4 heteroatoms. The highest BCUT2D eigenvalue weighted by Crippen LogP contribution is 2.32. The molecule has 1 saturated heterocycles. The van der Waals surface area contributed by atoms with Crippen molar-refractivity contribution >= 4 is 5.91 Å². The molecule has 0 aromatic carbocycles. The number of amides is 1. The second-order valence-corrected chi connectivity index (χ2v) is 4.91. The van der Waals surface area contributed by atoms with Gasteiger partial charge in [-0.2, -0.15) is 0 Å². The Bertz CT molecular complexity index is 245. The summed E-state index contributed by atoms with van der Waals surface area (Å²) in [5, 5.41) is 0. The molecule has 1 aliphatic carbocycles. The van der Waals surface area contributed by atoms with E-state index in [1.54, 1.807) is 0 Å². The lowest BCUT2D eigenvalue weighted by molar-refractivity contribution is -0.134. The Balaban J connectivity index is 1.84. The summed E-state index contributed by atoms with van der Waals surface area (Å²) in [5.74, 6) is 0.174. The Morgan fingerprint density at radius 3 is 2.80 bits per heavy atom. The number of carbonyl (C=O) groups excluding carboxylic acids is 1. The quantitative estimate of drug-likeness (QED) is 0.741. The monoisotopic (exact) mass is 212 g/mol. The van der Waals surface area contributed by atoms with Gasteiger partial charge in [0.2, 0.25) is 5.91 Å². The summed E-state index contributed by atoms with van der Waals surface area (Å²) in [6.07, 6.45) is 4.61. The van der Waals surface area contributed by atoms with Crippen LogP contribution >= 0.6 is 0 Å². The SMILES string of the molecule is CN(C(=O)CC1(N)CCC1)C1CCOC1. The van der Waals surface area contributed by atoms with Crippen LogP contribution in [0.2, 0.25) is 0 Å². The van der Waals surface area contributed by atoms with Gasteiger partial charge in [0.05, 0.1) is 12.6 Å². The summed E-state index contributed by atoms with van der Waals surface area (Å²) in [6, 6.07) is 0.265. The van der Waals surface area contributed by atoms with E-state index in [0.717, 1.165) is 25.9 Å². The Kier molecular flexibility index (Phi) is 2.98. The van der Waals surface area contributed by atoms with E-state index in [9.17, 15) is 4.79 Å². The lowest BCUT2D eigenvalue weighted by atomic mass is 9.75. The van der Waals surface area contributed by atoms with Crippen LogP contribution in [0, 0.1) is 0 Å². The third kappa shape index (κ3) is 2.32. The molecule has 1 heterocycles. The highest BCUT2D eigenvalue weighted by molar-refractivity contribution is 5.77. The Hall–Kier alpha value is -0.610. The number of nitrogens with zero attached hydrogens (tertiary/aromatic N) is 1. The van der Waals surface area contributed by atoms with Crippen LogP contribution in [0.4, 0.5) is 0 Å². The fourth-order valence-electron chi connectivity index (χ4n) is 2.26. The molecule has 2 rings (SSSR count). The molecular formula is C11H20N2O2. The van der Waals surface area contributed by atoms with Crippen molar-refractivity contribution < 1.29 is 9.53 Å². The predicted molar refractivity (Wildman–Crippen MR) is 57.4 cm³/mol. The number of likely N-dealkylation sites (N-methyl/N-ethyl adjacent to an activating group) is 1. The summed E-state index contributed by atoms with van der Waals surface area (Å²) in [6.45, 7) is 1.45. The van der Waals surface area contributed by atoms with Crippen LogP contribution in [0.5, 0.6) is 0 Å². The average molecular weight is 212 g/mol.